The third-order valence-electron chi connectivity index (χ3n) is 7.53. The first-order valence-corrected chi connectivity index (χ1v) is 12.9. The Morgan fingerprint density at radius 1 is 0.514 bits per heavy atom. The van der Waals surface area contributed by atoms with Gasteiger partial charge in [0.05, 0.1) is 0 Å². The molecule has 176 valence electrons. The van der Waals surface area contributed by atoms with Crippen LogP contribution in [0, 0.1) is 0 Å². The molecule has 0 aromatic heterocycles. The van der Waals surface area contributed by atoms with Crippen LogP contribution < -0.4 is 5.32 Å². The standard InChI is InChI=1S/C36H27N/c1-24-21-29(19-20-37-24)27-15-16-28-23-30(18-17-26(28)22-27)36-33-13-7-5-11-31(33)35(25-9-3-2-4-10-25)32-12-6-8-14-34(32)36/h2-19,21-23,37H,20H2,1H3. The van der Waals surface area contributed by atoms with E-state index in [0.717, 1.165) is 6.54 Å². The summed E-state index contributed by atoms with van der Waals surface area (Å²) in [6.45, 7) is 3.01. The van der Waals surface area contributed by atoms with Crippen molar-refractivity contribution in [3.8, 4) is 22.3 Å². The molecule has 1 aliphatic heterocycles. The molecule has 1 nitrogen and oxygen atoms in total. The van der Waals surface area contributed by atoms with E-state index in [1.807, 2.05) is 0 Å². The number of hydrogen-bond acceptors (Lipinski definition) is 1. The first-order valence-electron chi connectivity index (χ1n) is 12.9. The first-order chi connectivity index (χ1) is 18.3. The van der Waals surface area contributed by atoms with E-state index in [2.05, 4.69) is 140 Å². The molecule has 0 bridgehead atoms. The largest absolute Gasteiger partial charge is 0.385 e. The Kier molecular flexibility index (Phi) is 5.15. The zero-order chi connectivity index (χ0) is 24.8. The van der Waals surface area contributed by atoms with Crippen LogP contribution in [0.15, 0.2) is 133 Å². The lowest BCUT2D eigenvalue weighted by Crippen LogP contribution is -2.14. The van der Waals surface area contributed by atoms with E-state index in [0.29, 0.717) is 0 Å². The Bertz CT molecular complexity index is 1820. The lowest BCUT2D eigenvalue weighted by molar-refractivity contribution is 0.895. The number of rotatable bonds is 3. The SMILES string of the molecule is CC1=CC(c2ccc3cc(-c4c5ccccc5c(-c5ccccc5)c5ccccc45)ccc3c2)=CCN1. The number of benzene rings is 6. The van der Waals surface area contributed by atoms with Crippen LogP contribution in [0.1, 0.15) is 12.5 Å². The molecule has 1 aliphatic rings. The van der Waals surface area contributed by atoms with Gasteiger partial charge in [-0.3, -0.25) is 0 Å². The molecule has 6 aromatic rings. The molecular weight excluding hydrogens is 446 g/mol. The third-order valence-corrected chi connectivity index (χ3v) is 7.53. The molecular formula is C36H27N. The van der Waals surface area contributed by atoms with Crippen molar-refractivity contribution >= 4 is 37.9 Å². The molecule has 0 amide bonds. The molecule has 0 unspecified atom stereocenters. The predicted molar refractivity (Wildman–Crippen MR) is 160 cm³/mol. The minimum Gasteiger partial charge on any atom is -0.385 e. The van der Waals surface area contributed by atoms with Crippen molar-refractivity contribution in [1.82, 2.24) is 5.32 Å². The van der Waals surface area contributed by atoms with Crippen molar-refractivity contribution in [2.24, 2.45) is 0 Å². The van der Waals surface area contributed by atoms with Crippen LogP contribution in [0.2, 0.25) is 0 Å². The highest BCUT2D eigenvalue weighted by atomic mass is 14.9. The summed E-state index contributed by atoms with van der Waals surface area (Å²) in [6, 6.07) is 42.2. The van der Waals surface area contributed by atoms with Gasteiger partial charge < -0.3 is 5.32 Å². The highest BCUT2D eigenvalue weighted by Gasteiger charge is 2.16. The van der Waals surface area contributed by atoms with Crippen LogP contribution in [0.25, 0.3) is 60.1 Å². The Morgan fingerprint density at radius 3 is 1.62 bits per heavy atom. The molecule has 1 N–H and O–H groups in total. The summed E-state index contributed by atoms with van der Waals surface area (Å²) in [4.78, 5) is 0. The van der Waals surface area contributed by atoms with Gasteiger partial charge in [-0.2, -0.15) is 0 Å². The molecule has 37 heavy (non-hydrogen) atoms. The maximum Gasteiger partial charge on any atom is 0.0336 e. The normalized spacial score (nSPS) is 13.4. The van der Waals surface area contributed by atoms with Crippen molar-refractivity contribution in [1.29, 1.82) is 0 Å². The second-order valence-corrected chi connectivity index (χ2v) is 9.85. The molecule has 0 saturated heterocycles. The second kappa shape index (κ2) is 8.80. The van der Waals surface area contributed by atoms with Gasteiger partial charge in [0.2, 0.25) is 0 Å². The predicted octanol–water partition coefficient (Wildman–Crippen LogP) is 9.37. The van der Waals surface area contributed by atoms with E-state index in [9.17, 15) is 0 Å². The van der Waals surface area contributed by atoms with Crippen molar-refractivity contribution in [2.75, 3.05) is 6.54 Å². The molecule has 6 aromatic carbocycles. The minimum atomic E-state index is 0.883. The van der Waals surface area contributed by atoms with E-state index in [1.165, 1.54) is 71.4 Å². The van der Waals surface area contributed by atoms with Gasteiger partial charge in [0.1, 0.15) is 0 Å². The summed E-state index contributed by atoms with van der Waals surface area (Å²) in [5.41, 5.74) is 8.88. The number of fused-ring (bicyclic) bond motifs is 3. The summed E-state index contributed by atoms with van der Waals surface area (Å²) < 4.78 is 0. The minimum absolute atomic E-state index is 0.883. The summed E-state index contributed by atoms with van der Waals surface area (Å²) in [5.74, 6) is 0. The van der Waals surface area contributed by atoms with Gasteiger partial charge in [-0.25, -0.2) is 0 Å². The smallest absolute Gasteiger partial charge is 0.0336 e. The summed E-state index contributed by atoms with van der Waals surface area (Å²) >= 11 is 0. The molecule has 1 heterocycles. The number of hydrogen-bond donors (Lipinski definition) is 1. The van der Waals surface area contributed by atoms with E-state index in [4.69, 9.17) is 0 Å². The van der Waals surface area contributed by atoms with Crippen LogP contribution in [-0.4, -0.2) is 6.54 Å². The van der Waals surface area contributed by atoms with Crippen molar-refractivity contribution in [2.45, 2.75) is 6.92 Å². The van der Waals surface area contributed by atoms with Gasteiger partial charge >= 0.3 is 0 Å². The molecule has 0 aliphatic carbocycles. The van der Waals surface area contributed by atoms with Gasteiger partial charge in [0.15, 0.2) is 0 Å². The number of allylic oxidation sites excluding steroid dienone is 3. The van der Waals surface area contributed by atoms with Crippen LogP contribution in [0.3, 0.4) is 0 Å². The molecule has 0 atom stereocenters. The molecule has 0 saturated carbocycles. The lowest BCUT2D eigenvalue weighted by atomic mass is 9.85. The topological polar surface area (TPSA) is 12.0 Å². The highest BCUT2D eigenvalue weighted by molar-refractivity contribution is 6.21. The molecule has 0 spiro atoms. The maximum absolute atomic E-state index is 3.37. The van der Waals surface area contributed by atoms with E-state index < -0.39 is 0 Å². The fourth-order valence-electron chi connectivity index (χ4n) is 5.80. The lowest BCUT2D eigenvalue weighted by Gasteiger charge is -2.18. The van der Waals surface area contributed by atoms with Crippen LogP contribution in [0.5, 0.6) is 0 Å². The fraction of sp³-hybridized carbons (Fsp3) is 0.0556. The summed E-state index contributed by atoms with van der Waals surface area (Å²) in [5, 5.41) is 11.1. The van der Waals surface area contributed by atoms with Gasteiger partial charge in [-0.1, -0.05) is 109 Å². The Balaban J connectivity index is 1.46. The second-order valence-electron chi connectivity index (χ2n) is 9.85. The molecule has 1 heteroatoms. The zero-order valence-electron chi connectivity index (χ0n) is 20.8. The van der Waals surface area contributed by atoms with Gasteiger partial charge in [-0.15, -0.1) is 0 Å². The Labute approximate surface area is 217 Å². The third kappa shape index (κ3) is 3.72. The van der Waals surface area contributed by atoms with E-state index >= 15 is 0 Å². The Hall–Kier alpha value is -4.62. The van der Waals surface area contributed by atoms with Crippen LogP contribution in [-0.2, 0) is 0 Å². The number of dihydropyridines is 1. The van der Waals surface area contributed by atoms with Gasteiger partial charge in [0, 0.05) is 12.2 Å². The van der Waals surface area contributed by atoms with E-state index in [-0.39, 0.29) is 0 Å². The zero-order valence-corrected chi connectivity index (χ0v) is 20.8. The summed E-state index contributed by atoms with van der Waals surface area (Å²) in [6.07, 6.45) is 4.49. The van der Waals surface area contributed by atoms with Gasteiger partial charge in [0.25, 0.3) is 0 Å². The molecule has 7 rings (SSSR count). The average molecular weight is 474 g/mol. The monoisotopic (exact) mass is 473 g/mol. The average Bonchev–Trinajstić information content (AvgIpc) is 2.96. The van der Waals surface area contributed by atoms with E-state index in [1.54, 1.807) is 0 Å². The van der Waals surface area contributed by atoms with Gasteiger partial charge in [-0.05, 0) is 90.8 Å². The van der Waals surface area contributed by atoms with Crippen molar-refractivity contribution in [3.63, 3.8) is 0 Å². The molecule has 0 radical (unpaired) electrons. The maximum atomic E-state index is 3.37. The Morgan fingerprint density at radius 2 is 1.03 bits per heavy atom. The van der Waals surface area contributed by atoms with Crippen molar-refractivity contribution in [3.05, 3.63) is 139 Å². The van der Waals surface area contributed by atoms with Crippen LogP contribution >= 0.6 is 0 Å². The quantitative estimate of drug-likeness (QED) is 0.252. The van der Waals surface area contributed by atoms with Crippen LogP contribution in [0.4, 0.5) is 0 Å². The highest BCUT2D eigenvalue weighted by Crippen LogP contribution is 2.44. The molecule has 0 fully saturated rings. The fourth-order valence-corrected chi connectivity index (χ4v) is 5.80. The first kappa shape index (κ1) is 21.6. The van der Waals surface area contributed by atoms with Crippen molar-refractivity contribution < 1.29 is 0 Å². The summed E-state index contributed by atoms with van der Waals surface area (Å²) in [7, 11) is 0. The number of nitrogens with one attached hydrogen (secondary N) is 1.